The molecule has 1 saturated carbocycles. The number of aryl methyl sites for hydroxylation is 1. The predicted molar refractivity (Wildman–Crippen MR) is 47.2 cm³/mol. The van der Waals surface area contributed by atoms with E-state index in [2.05, 4.69) is 30.3 Å². The van der Waals surface area contributed by atoms with Gasteiger partial charge < -0.3 is 0 Å². The SMILES string of the molecule is c1ccc(CC[C]2CC2)cc1. The smallest absolute Gasteiger partial charge is 0.0237 e. The molecule has 1 aliphatic carbocycles. The van der Waals surface area contributed by atoms with E-state index >= 15 is 0 Å². The Hall–Kier alpha value is -0.780. The van der Waals surface area contributed by atoms with E-state index in [1.54, 1.807) is 5.92 Å². The molecular formula is C11H13. The van der Waals surface area contributed by atoms with Gasteiger partial charge in [0.25, 0.3) is 0 Å². The van der Waals surface area contributed by atoms with Gasteiger partial charge in [0.1, 0.15) is 0 Å². The Morgan fingerprint density at radius 3 is 2.27 bits per heavy atom. The average molecular weight is 145 g/mol. The fourth-order valence-corrected chi connectivity index (χ4v) is 1.30. The van der Waals surface area contributed by atoms with E-state index in [1.165, 1.54) is 31.2 Å². The highest BCUT2D eigenvalue weighted by Gasteiger charge is 2.20. The third-order valence-electron chi connectivity index (χ3n) is 2.21. The first-order valence-electron chi connectivity index (χ1n) is 4.32. The van der Waals surface area contributed by atoms with Crippen LogP contribution in [0.15, 0.2) is 30.3 Å². The molecule has 1 radical (unpaired) electrons. The highest BCUT2D eigenvalue weighted by molar-refractivity contribution is 5.17. The lowest BCUT2D eigenvalue weighted by Gasteiger charge is -1.97. The van der Waals surface area contributed by atoms with Crippen molar-refractivity contribution < 1.29 is 0 Å². The van der Waals surface area contributed by atoms with Gasteiger partial charge >= 0.3 is 0 Å². The Kier molecular flexibility index (Phi) is 1.93. The molecular weight excluding hydrogens is 132 g/mol. The summed E-state index contributed by atoms with van der Waals surface area (Å²) in [6.45, 7) is 0. The first-order chi connectivity index (χ1) is 5.45. The Bertz CT molecular complexity index is 209. The topological polar surface area (TPSA) is 0 Å². The third-order valence-corrected chi connectivity index (χ3v) is 2.21. The van der Waals surface area contributed by atoms with Gasteiger partial charge in [0.2, 0.25) is 0 Å². The molecule has 1 aromatic rings. The molecule has 0 spiro atoms. The van der Waals surface area contributed by atoms with Crippen molar-refractivity contribution in [3.63, 3.8) is 0 Å². The lowest BCUT2D eigenvalue weighted by Crippen LogP contribution is -1.83. The van der Waals surface area contributed by atoms with Gasteiger partial charge in [-0.15, -0.1) is 0 Å². The number of hydrogen-bond acceptors (Lipinski definition) is 0. The Morgan fingerprint density at radius 1 is 0.909 bits per heavy atom. The summed E-state index contributed by atoms with van der Waals surface area (Å²) in [7, 11) is 0. The molecule has 1 fully saturated rings. The van der Waals surface area contributed by atoms with Gasteiger partial charge in [-0.25, -0.2) is 0 Å². The van der Waals surface area contributed by atoms with Gasteiger partial charge in [-0.05, 0) is 37.2 Å². The fraction of sp³-hybridized carbons (Fsp3) is 0.364. The second kappa shape index (κ2) is 3.08. The summed E-state index contributed by atoms with van der Waals surface area (Å²) in [5.74, 6) is 1.76. The maximum atomic E-state index is 2.21. The zero-order valence-electron chi connectivity index (χ0n) is 6.72. The van der Waals surface area contributed by atoms with E-state index in [1.807, 2.05) is 0 Å². The molecule has 0 heterocycles. The summed E-state index contributed by atoms with van der Waals surface area (Å²) in [6, 6.07) is 10.7. The van der Waals surface area contributed by atoms with Crippen molar-refractivity contribution in [3.05, 3.63) is 41.8 Å². The summed E-state index contributed by atoms with van der Waals surface area (Å²) in [4.78, 5) is 0. The highest BCUT2D eigenvalue weighted by atomic mass is 14.3. The maximum Gasteiger partial charge on any atom is -0.0237 e. The fourth-order valence-electron chi connectivity index (χ4n) is 1.30. The van der Waals surface area contributed by atoms with Crippen LogP contribution in [0.4, 0.5) is 0 Å². The molecule has 11 heavy (non-hydrogen) atoms. The van der Waals surface area contributed by atoms with Crippen LogP contribution in [0.2, 0.25) is 0 Å². The van der Waals surface area contributed by atoms with E-state index in [4.69, 9.17) is 0 Å². The molecule has 0 unspecified atom stereocenters. The molecule has 0 atom stereocenters. The molecule has 1 aromatic carbocycles. The second-order valence-electron chi connectivity index (χ2n) is 3.24. The minimum atomic E-state index is 1.25. The van der Waals surface area contributed by atoms with Crippen molar-refractivity contribution in [1.82, 2.24) is 0 Å². The van der Waals surface area contributed by atoms with Crippen LogP contribution in [-0.2, 0) is 6.42 Å². The number of benzene rings is 1. The molecule has 0 heteroatoms. The molecule has 1 aliphatic rings. The summed E-state index contributed by atoms with van der Waals surface area (Å²) in [5.41, 5.74) is 1.48. The monoisotopic (exact) mass is 145 g/mol. The van der Waals surface area contributed by atoms with Gasteiger partial charge in [-0.3, -0.25) is 0 Å². The molecule has 0 aliphatic heterocycles. The Balaban J connectivity index is 1.85. The molecule has 0 aromatic heterocycles. The highest BCUT2D eigenvalue weighted by Crippen LogP contribution is 2.35. The van der Waals surface area contributed by atoms with Crippen LogP contribution in [-0.4, -0.2) is 0 Å². The Labute approximate surface area is 68.3 Å². The molecule has 0 N–H and O–H groups in total. The maximum absolute atomic E-state index is 2.21. The van der Waals surface area contributed by atoms with Crippen molar-refractivity contribution >= 4 is 0 Å². The normalized spacial score (nSPS) is 16.7. The van der Waals surface area contributed by atoms with Crippen molar-refractivity contribution in [3.8, 4) is 0 Å². The van der Waals surface area contributed by atoms with Crippen LogP contribution in [0.5, 0.6) is 0 Å². The molecule has 0 nitrogen and oxygen atoms in total. The lowest BCUT2D eigenvalue weighted by atomic mass is 10.1. The molecule has 0 amide bonds. The number of hydrogen-bond donors (Lipinski definition) is 0. The number of rotatable bonds is 3. The van der Waals surface area contributed by atoms with Gasteiger partial charge in [0.05, 0.1) is 0 Å². The standard InChI is InChI=1S/C11H13/c1-2-4-10(5-3-1)6-7-11-8-9-11/h1-5H,6-9H2. The first kappa shape index (κ1) is 6.90. The zero-order chi connectivity index (χ0) is 7.52. The van der Waals surface area contributed by atoms with Crippen molar-refractivity contribution in [2.75, 3.05) is 0 Å². The van der Waals surface area contributed by atoms with Crippen LogP contribution in [0, 0.1) is 5.92 Å². The van der Waals surface area contributed by atoms with Crippen molar-refractivity contribution in [1.29, 1.82) is 0 Å². The largest absolute Gasteiger partial charge is 0.0622 e. The van der Waals surface area contributed by atoms with Crippen molar-refractivity contribution in [2.45, 2.75) is 25.7 Å². The van der Waals surface area contributed by atoms with E-state index in [0.717, 1.165) is 0 Å². The van der Waals surface area contributed by atoms with Crippen LogP contribution < -0.4 is 0 Å². The molecule has 0 bridgehead atoms. The first-order valence-corrected chi connectivity index (χ1v) is 4.32. The molecule has 0 saturated heterocycles. The zero-order valence-corrected chi connectivity index (χ0v) is 6.72. The van der Waals surface area contributed by atoms with Crippen LogP contribution >= 0.6 is 0 Å². The predicted octanol–water partition coefficient (Wildman–Crippen LogP) is 2.99. The van der Waals surface area contributed by atoms with Gasteiger partial charge in [-0.1, -0.05) is 30.3 Å². The average Bonchev–Trinajstić information content (AvgIpc) is 2.86. The minimum Gasteiger partial charge on any atom is -0.0622 e. The molecule has 57 valence electrons. The lowest BCUT2D eigenvalue weighted by molar-refractivity contribution is 0.917. The molecule has 2 rings (SSSR count). The van der Waals surface area contributed by atoms with E-state index in [-0.39, 0.29) is 0 Å². The summed E-state index contributed by atoms with van der Waals surface area (Å²) in [6.07, 6.45) is 5.36. The van der Waals surface area contributed by atoms with E-state index < -0.39 is 0 Å². The van der Waals surface area contributed by atoms with Gasteiger partial charge in [0.15, 0.2) is 0 Å². The summed E-state index contributed by atoms with van der Waals surface area (Å²) in [5, 5.41) is 0. The van der Waals surface area contributed by atoms with Crippen LogP contribution in [0.3, 0.4) is 0 Å². The van der Waals surface area contributed by atoms with Gasteiger partial charge in [0, 0.05) is 0 Å². The van der Waals surface area contributed by atoms with Gasteiger partial charge in [-0.2, -0.15) is 0 Å². The quantitative estimate of drug-likeness (QED) is 0.613. The van der Waals surface area contributed by atoms with Crippen LogP contribution in [0.25, 0.3) is 0 Å². The van der Waals surface area contributed by atoms with Crippen molar-refractivity contribution in [2.24, 2.45) is 0 Å². The summed E-state index contributed by atoms with van der Waals surface area (Å²) < 4.78 is 0. The second-order valence-corrected chi connectivity index (χ2v) is 3.24. The van der Waals surface area contributed by atoms with Crippen LogP contribution in [0.1, 0.15) is 24.8 Å². The van der Waals surface area contributed by atoms with E-state index in [9.17, 15) is 0 Å². The summed E-state index contributed by atoms with van der Waals surface area (Å²) >= 11 is 0. The third kappa shape index (κ3) is 2.07. The van der Waals surface area contributed by atoms with E-state index in [0.29, 0.717) is 0 Å². The minimum absolute atomic E-state index is 1.25. The Morgan fingerprint density at radius 2 is 1.64 bits per heavy atom.